The molecule has 0 saturated heterocycles. The first-order valence-corrected chi connectivity index (χ1v) is 5.01. The summed E-state index contributed by atoms with van der Waals surface area (Å²) in [4.78, 5) is 0. The van der Waals surface area contributed by atoms with E-state index in [4.69, 9.17) is 0 Å². The Bertz CT molecular complexity index is 156. The van der Waals surface area contributed by atoms with Crippen LogP contribution >= 0.6 is 0 Å². The van der Waals surface area contributed by atoms with Gasteiger partial charge in [-0.15, -0.1) is 0 Å². The van der Waals surface area contributed by atoms with Crippen LogP contribution in [0.15, 0.2) is 11.6 Å². The Morgan fingerprint density at radius 3 is 2.58 bits per heavy atom. The quantitative estimate of drug-likeness (QED) is 0.629. The highest BCUT2D eigenvalue weighted by Gasteiger charge is 2.21. The van der Waals surface area contributed by atoms with Gasteiger partial charge in [0.1, 0.15) is 0 Å². The van der Waals surface area contributed by atoms with E-state index in [2.05, 4.69) is 19.9 Å². The zero-order valence-electron chi connectivity index (χ0n) is 8.21. The molecule has 70 valence electrons. The van der Waals surface area contributed by atoms with Crippen molar-refractivity contribution in [1.29, 1.82) is 0 Å². The van der Waals surface area contributed by atoms with Gasteiger partial charge in [-0.1, -0.05) is 24.5 Å². The van der Waals surface area contributed by atoms with Gasteiger partial charge in [0.05, 0.1) is 6.10 Å². The van der Waals surface area contributed by atoms with Crippen molar-refractivity contribution < 1.29 is 5.11 Å². The summed E-state index contributed by atoms with van der Waals surface area (Å²) in [5.74, 6) is 0.536. The Morgan fingerprint density at radius 1 is 1.33 bits per heavy atom. The highest BCUT2D eigenvalue weighted by Crippen LogP contribution is 2.27. The summed E-state index contributed by atoms with van der Waals surface area (Å²) in [5.41, 5.74) is 1.37. The minimum Gasteiger partial charge on any atom is -0.393 e. The molecule has 12 heavy (non-hydrogen) atoms. The maximum atomic E-state index is 9.65. The third-order valence-electron chi connectivity index (χ3n) is 2.70. The minimum atomic E-state index is -0.0330. The number of allylic oxidation sites excluding steroid dienone is 2. The fourth-order valence-corrected chi connectivity index (χ4v) is 1.85. The SMILES string of the molecule is CC(C)=CC[C@@H]1CCCC[C@H]1O. The molecule has 0 aliphatic heterocycles. The van der Waals surface area contributed by atoms with Crippen LogP contribution in [-0.4, -0.2) is 11.2 Å². The Balaban J connectivity index is 2.34. The smallest absolute Gasteiger partial charge is 0.0571 e. The second-order valence-corrected chi connectivity index (χ2v) is 4.13. The van der Waals surface area contributed by atoms with Crippen LogP contribution in [0.25, 0.3) is 0 Å². The van der Waals surface area contributed by atoms with Gasteiger partial charge in [0.15, 0.2) is 0 Å². The molecule has 0 aromatic carbocycles. The van der Waals surface area contributed by atoms with Crippen molar-refractivity contribution in [2.45, 2.75) is 52.1 Å². The average Bonchev–Trinajstić information content (AvgIpc) is 2.03. The molecule has 0 radical (unpaired) electrons. The van der Waals surface area contributed by atoms with Gasteiger partial charge in [-0.25, -0.2) is 0 Å². The van der Waals surface area contributed by atoms with Crippen LogP contribution in [0.2, 0.25) is 0 Å². The molecule has 0 heterocycles. The molecule has 0 unspecified atom stereocenters. The summed E-state index contributed by atoms with van der Waals surface area (Å²) in [7, 11) is 0. The van der Waals surface area contributed by atoms with Crippen LogP contribution in [0.5, 0.6) is 0 Å². The predicted molar refractivity (Wildman–Crippen MR) is 52.0 cm³/mol. The van der Waals surface area contributed by atoms with Crippen molar-refractivity contribution in [1.82, 2.24) is 0 Å². The van der Waals surface area contributed by atoms with Crippen molar-refractivity contribution in [2.24, 2.45) is 5.92 Å². The molecular formula is C11H20O. The summed E-state index contributed by atoms with van der Waals surface area (Å²) in [6.07, 6.45) is 8.04. The number of hydrogen-bond acceptors (Lipinski definition) is 1. The molecule has 1 rings (SSSR count). The second-order valence-electron chi connectivity index (χ2n) is 4.13. The first kappa shape index (κ1) is 9.79. The molecule has 1 N–H and O–H groups in total. The van der Waals surface area contributed by atoms with Gasteiger partial charge in [0.25, 0.3) is 0 Å². The van der Waals surface area contributed by atoms with E-state index >= 15 is 0 Å². The van der Waals surface area contributed by atoms with Gasteiger partial charge in [0.2, 0.25) is 0 Å². The standard InChI is InChI=1S/C11H20O/c1-9(2)7-8-10-5-3-4-6-11(10)12/h7,10-12H,3-6,8H2,1-2H3/t10-,11+/m0/s1. The molecule has 0 spiro atoms. The number of hydrogen-bond donors (Lipinski definition) is 1. The van der Waals surface area contributed by atoms with Crippen molar-refractivity contribution in [3.8, 4) is 0 Å². The van der Waals surface area contributed by atoms with E-state index in [0.29, 0.717) is 5.92 Å². The molecule has 0 bridgehead atoms. The molecule has 2 atom stereocenters. The first-order chi connectivity index (χ1) is 5.70. The zero-order chi connectivity index (χ0) is 8.97. The highest BCUT2D eigenvalue weighted by atomic mass is 16.3. The third kappa shape index (κ3) is 2.98. The van der Waals surface area contributed by atoms with E-state index in [1.807, 2.05) is 0 Å². The second kappa shape index (κ2) is 4.66. The summed E-state index contributed by atoms with van der Waals surface area (Å²) in [6.45, 7) is 4.24. The van der Waals surface area contributed by atoms with Crippen LogP contribution in [-0.2, 0) is 0 Å². The lowest BCUT2D eigenvalue weighted by molar-refractivity contribution is 0.0713. The molecule has 0 aromatic rings. The number of rotatable bonds is 2. The lowest BCUT2D eigenvalue weighted by atomic mass is 9.84. The van der Waals surface area contributed by atoms with Gasteiger partial charge in [-0.2, -0.15) is 0 Å². The predicted octanol–water partition coefficient (Wildman–Crippen LogP) is 2.89. The Kier molecular flexibility index (Phi) is 3.80. The van der Waals surface area contributed by atoms with Gasteiger partial charge < -0.3 is 5.11 Å². The Morgan fingerprint density at radius 2 is 2.00 bits per heavy atom. The van der Waals surface area contributed by atoms with Gasteiger partial charge >= 0.3 is 0 Å². The fourth-order valence-electron chi connectivity index (χ4n) is 1.85. The van der Waals surface area contributed by atoms with Crippen LogP contribution < -0.4 is 0 Å². The number of aliphatic hydroxyl groups excluding tert-OH is 1. The zero-order valence-corrected chi connectivity index (χ0v) is 8.21. The monoisotopic (exact) mass is 168 g/mol. The average molecular weight is 168 g/mol. The highest BCUT2D eigenvalue weighted by molar-refractivity contribution is 4.95. The van der Waals surface area contributed by atoms with E-state index in [9.17, 15) is 5.11 Å². The van der Waals surface area contributed by atoms with Crippen LogP contribution in [0.3, 0.4) is 0 Å². The lowest BCUT2D eigenvalue weighted by Crippen LogP contribution is -2.23. The fraction of sp³-hybridized carbons (Fsp3) is 0.818. The molecule has 0 aromatic heterocycles. The summed E-state index contributed by atoms with van der Waals surface area (Å²) in [5, 5.41) is 9.65. The minimum absolute atomic E-state index is 0.0330. The van der Waals surface area contributed by atoms with Crippen molar-refractivity contribution in [2.75, 3.05) is 0 Å². The topological polar surface area (TPSA) is 20.2 Å². The molecular weight excluding hydrogens is 148 g/mol. The van der Waals surface area contributed by atoms with Gasteiger partial charge in [0, 0.05) is 0 Å². The first-order valence-electron chi connectivity index (χ1n) is 5.01. The molecule has 1 heteroatoms. The van der Waals surface area contributed by atoms with E-state index in [0.717, 1.165) is 12.8 Å². The normalized spacial score (nSPS) is 29.9. The molecule has 1 fully saturated rings. The van der Waals surface area contributed by atoms with Crippen molar-refractivity contribution in [3.63, 3.8) is 0 Å². The summed E-state index contributed by atoms with van der Waals surface area (Å²) in [6, 6.07) is 0. The van der Waals surface area contributed by atoms with Crippen LogP contribution in [0.1, 0.15) is 46.0 Å². The van der Waals surface area contributed by atoms with E-state index in [1.165, 1.54) is 24.8 Å². The van der Waals surface area contributed by atoms with Crippen molar-refractivity contribution in [3.05, 3.63) is 11.6 Å². The molecule has 1 aliphatic carbocycles. The Labute approximate surface area is 75.5 Å². The maximum Gasteiger partial charge on any atom is 0.0571 e. The van der Waals surface area contributed by atoms with Crippen LogP contribution in [0, 0.1) is 5.92 Å². The third-order valence-corrected chi connectivity index (χ3v) is 2.70. The number of aliphatic hydroxyl groups is 1. The van der Waals surface area contributed by atoms with E-state index in [1.54, 1.807) is 0 Å². The molecule has 1 saturated carbocycles. The largest absolute Gasteiger partial charge is 0.393 e. The summed E-state index contributed by atoms with van der Waals surface area (Å²) < 4.78 is 0. The van der Waals surface area contributed by atoms with E-state index < -0.39 is 0 Å². The molecule has 1 aliphatic rings. The summed E-state index contributed by atoms with van der Waals surface area (Å²) >= 11 is 0. The van der Waals surface area contributed by atoms with Crippen LogP contribution in [0.4, 0.5) is 0 Å². The lowest BCUT2D eigenvalue weighted by Gasteiger charge is -2.26. The molecule has 0 amide bonds. The van der Waals surface area contributed by atoms with E-state index in [-0.39, 0.29) is 6.10 Å². The van der Waals surface area contributed by atoms with Gasteiger partial charge in [-0.05, 0) is 39.0 Å². The molecule has 1 nitrogen and oxygen atoms in total. The Hall–Kier alpha value is -0.300. The van der Waals surface area contributed by atoms with Gasteiger partial charge in [-0.3, -0.25) is 0 Å². The maximum absolute atomic E-state index is 9.65. The van der Waals surface area contributed by atoms with Crippen molar-refractivity contribution >= 4 is 0 Å².